The van der Waals surface area contributed by atoms with Gasteiger partial charge < -0.3 is 19.7 Å². The maximum absolute atomic E-state index is 10.4. The molecule has 0 amide bonds. The van der Waals surface area contributed by atoms with Crippen molar-refractivity contribution in [1.82, 2.24) is 0 Å². The van der Waals surface area contributed by atoms with Crippen molar-refractivity contribution < 1.29 is 19.7 Å². The maximum atomic E-state index is 10.4. The van der Waals surface area contributed by atoms with Crippen LogP contribution in [0, 0.1) is 0 Å². The molecule has 1 atom stereocenters. The fourth-order valence-corrected chi connectivity index (χ4v) is 2.47. The third kappa shape index (κ3) is 9.78. The Labute approximate surface area is 137 Å². The molecule has 134 valence electrons. The molecule has 0 aliphatic heterocycles. The predicted molar refractivity (Wildman–Crippen MR) is 91.2 cm³/mol. The lowest BCUT2D eigenvalue weighted by Crippen LogP contribution is -2.50. The van der Waals surface area contributed by atoms with Crippen molar-refractivity contribution in [2.75, 3.05) is 26.4 Å². The molecule has 4 nitrogen and oxygen atoms in total. The van der Waals surface area contributed by atoms with Gasteiger partial charge in [0.05, 0.1) is 37.6 Å². The van der Waals surface area contributed by atoms with Gasteiger partial charge in [-0.25, -0.2) is 0 Å². The van der Waals surface area contributed by atoms with E-state index in [2.05, 4.69) is 6.92 Å². The highest BCUT2D eigenvalue weighted by Crippen LogP contribution is 2.31. The molecule has 0 aliphatic carbocycles. The third-order valence-corrected chi connectivity index (χ3v) is 4.44. The second kappa shape index (κ2) is 12.3. The quantitative estimate of drug-likeness (QED) is 0.452. The van der Waals surface area contributed by atoms with E-state index in [1.165, 1.54) is 38.5 Å². The molecule has 22 heavy (non-hydrogen) atoms. The molecule has 0 spiro atoms. The first-order chi connectivity index (χ1) is 10.4. The van der Waals surface area contributed by atoms with E-state index in [4.69, 9.17) is 14.6 Å². The summed E-state index contributed by atoms with van der Waals surface area (Å²) in [6.07, 6.45) is 9.64. The summed E-state index contributed by atoms with van der Waals surface area (Å²) in [6, 6.07) is 0. The highest BCUT2D eigenvalue weighted by Gasteiger charge is 2.39. The third-order valence-electron chi connectivity index (χ3n) is 4.44. The highest BCUT2D eigenvalue weighted by molar-refractivity contribution is 4.91. The van der Waals surface area contributed by atoms with Crippen molar-refractivity contribution in [3.8, 4) is 0 Å². The van der Waals surface area contributed by atoms with Crippen molar-refractivity contribution in [1.29, 1.82) is 0 Å². The zero-order chi connectivity index (χ0) is 16.9. The predicted octanol–water partition coefficient (Wildman–Crippen LogP) is 3.68. The van der Waals surface area contributed by atoms with Gasteiger partial charge in [0.25, 0.3) is 0 Å². The molecule has 0 rings (SSSR count). The van der Waals surface area contributed by atoms with Crippen LogP contribution in [0.2, 0.25) is 0 Å². The van der Waals surface area contributed by atoms with Crippen LogP contribution in [0.1, 0.15) is 79.1 Å². The van der Waals surface area contributed by atoms with Gasteiger partial charge in [0.1, 0.15) is 0 Å². The SMILES string of the molecule is CCCCCCCCCC(C)(OCCOCCO)C(C)(C)O. The Kier molecular flexibility index (Phi) is 12.2. The van der Waals surface area contributed by atoms with Gasteiger partial charge in [-0.05, 0) is 27.2 Å². The largest absolute Gasteiger partial charge is 0.394 e. The monoisotopic (exact) mass is 318 g/mol. The number of aliphatic hydroxyl groups is 2. The van der Waals surface area contributed by atoms with Gasteiger partial charge in [-0.2, -0.15) is 0 Å². The zero-order valence-corrected chi connectivity index (χ0v) is 15.2. The molecule has 2 N–H and O–H groups in total. The number of aliphatic hydroxyl groups excluding tert-OH is 1. The average molecular weight is 318 g/mol. The molecule has 0 heterocycles. The number of hydrogen-bond acceptors (Lipinski definition) is 4. The van der Waals surface area contributed by atoms with Crippen molar-refractivity contribution in [3.63, 3.8) is 0 Å². The van der Waals surface area contributed by atoms with Crippen molar-refractivity contribution >= 4 is 0 Å². The van der Waals surface area contributed by atoms with Crippen molar-refractivity contribution in [2.45, 2.75) is 90.3 Å². The highest BCUT2D eigenvalue weighted by atomic mass is 16.5. The van der Waals surface area contributed by atoms with Gasteiger partial charge in [0.15, 0.2) is 0 Å². The molecule has 0 saturated carbocycles. The maximum Gasteiger partial charge on any atom is 0.0935 e. The number of unbranched alkanes of at least 4 members (excludes halogenated alkanes) is 6. The lowest BCUT2D eigenvalue weighted by Gasteiger charge is -2.40. The Morgan fingerprint density at radius 2 is 1.41 bits per heavy atom. The first-order valence-corrected chi connectivity index (χ1v) is 8.92. The number of ether oxygens (including phenoxy) is 2. The van der Waals surface area contributed by atoms with Crippen LogP contribution < -0.4 is 0 Å². The van der Waals surface area contributed by atoms with Gasteiger partial charge in [-0.3, -0.25) is 0 Å². The van der Waals surface area contributed by atoms with Crippen molar-refractivity contribution in [2.24, 2.45) is 0 Å². The minimum Gasteiger partial charge on any atom is -0.394 e. The van der Waals surface area contributed by atoms with E-state index in [1.807, 2.05) is 20.8 Å². The van der Waals surface area contributed by atoms with Gasteiger partial charge in [0.2, 0.25) is 0 Å². The van der Waals surface area contributed by atoms with E-state index >= 15 is 0 Å². The molecule has 0 radical (unpaired) electrons. The Balaban J connectivity index is 4.01. The van der Waals surface area contributed by atoms with Crippen LogP contribution in [0.3, 0.4) is 0 Å². The summed E-state index contributed by atoms with van der Waals surface area (Å²) in [4.78, 5) is 0. The van der Waals surface area contributed by atoms with Gasteiger partial charge in [0, 0.05) is 0 Å². The van der Waals surface area contributed by atoms with E-state index in [1.54, 1.807) is 0 Å². The molecular formula is C18H38O4. The lowest BCUT2D eigenvalue weighted by molar-refractivity contribution is -0.169. The molecule has 0 aromatic rings. The fourth-order valence-electron chi connectivity index (χ4n) is 2.47. The molecule has 0 aromatic carbocycles. The summed E-state index contributed by atoms with van der Waals surface area (Å²) >= 11 is 0. The van der Waals surface area contributed by atoms with Crippen molar-refractivity contribution in [3.05, 3.63) is 0 Å². The summed E-state index contributed by atoms with van der Waals surface area (Å²) < 4.78 is 11.1. The number of hydrogen-bond donors (Lipinski definition) is 2. The molecule has 0 aromatic heterocycles. The molecule has 0 fully saturated rings. The first kappa shape index (κ1) is 21.8. The van der Waals surface area contributed by atoms with E-state index in [9.17, 15) is 5.11 Å². The second-order valence-electron chi connectivity index (χ2n) is 6.85. The van der Waals surface area contributed by atoms with Crippen LogP contribution in [-0.2, 0) is 9.47 Å². The van der Waals surface area contributed by atoms with Crippen LogP contribution in [0.5, 0.6) is 0 Å². The zero-order valence-electron chi connectivity index (χ0n) is 15.2. The molecular weight excluding hydrogens is 280 g/mol. The Bertz CT molecular complexity index is 250. The van der Waals surface area contributed by atoms with Crippen LogP contribution in [-0.4, -0.2) is 47.8 Å². The van der Waals surface area contributed by atoms with E-state index in [-0.39, 0.29) is 6.61 Å². The second-order valence-corrected chi connectivity index (χ2v) is 6.85. The average Bonchev–Trinajstić information content (AvgIpc) is 2.45. The minimum atomic E-state index is -0.883. The van der Waals surface area contributed by atoms with Crippen LogP contribution in [0.4, 0.5) is 0 Å². The molecule has 1 unspecified atom stereocenters. The van der Waals surface area contributed by atoms with E-state index in [0.717, 1.165) is 12.8 Å². The van der Waals surface area contributed by atoms with E-state index < -0.39 is 11.2 Å². The smallest absolute Gasteiger partial charge is 0.0935 e. The molecule has 0 saturated heterocycles. The summed E-state index contributed by atoms with van der Waals surface area (Å²) in [5.41, 5.74) is -1.44. The Hall–Kier alpha value is -0.160. The Morgan fingerprint density at radius 3 is 1.95 bits per heavy atom. The summed E-state index contributed by atoms with van der Waals surface area (Å²) in [6.45, 7) is 9.08. The summed E-state index contributed by atoms with van der Waals surface area (Å²) in [7, 11) is 0. The minimum absolute atomic E-state index is 0.0286. The van der Waals surface area contributed by atoms with E-state index in [0.29, 0.717) is 19.8 Å². The normalized spacial score (nSPS) is 15.0. The molecule has 0 aliphatic rings. The van der Waals surface area contributed by atoms with Gasteiger partial charge in [-0.1, -0.05) is 51.9 Å². The first-order valence-electron chi connectivity index (χ1n) is 8.92. The molecule has 0 bridgehead atoms. The topological polar surface area (TPSA) is 58.9 Å². The lowest BCUT2D eigenvalue weighted by atomic mass is 9.83. The summed E-state index contributed by atoms with van der Waals surface area (Å²) in [5.74, 6) is 0. The van der Waals surface area contributed by atoms with Crippen LogP contribution in [0.15, 0.2) is 0 Å². The Morgan fingerprint density at radius 1 is 0.818 bits per heavy atom. The van der Waals surface area contributed by atoms with Crippen LogP contribution >= 0.6 is 0 Å². The van der Waals surface area contributed by atoms with Gasteiger partial charge in [-0.15, -0.1) is 0 Å². The number of rotatable bonds is 15. The van der Waals surface area contributed by atoms with Gasteiger partial charge >= 0.3 is 0 Å². The fraction of sp³-hybridized carbons (Fsp3) is 1.00. The summed E-state index contributed by atoms with van der Waals surface area (Å²) in [5, 5.41) is 19.1. The van der Waals surface area contributed by atoms with Crippen LogP contribution in [0.25, 0.3) is 0 Å². The standard InChI is InChI=1S/C18H38O4/c1-5-6-7-8-9-10-11-12-18(4,17(2,3)20)22-16-15-21-14-13-19/h19-20H,5-16H2,1-4H3. The molecule has 4 heteroatoms.